The molecule has 0 aromatic heterocycles. The van der Waals surface area contributed by atoms with Crippen LogP contribution >= 0.6 is 0 Å². The van der Waals surface area contributed by atoms with Crippen LogP contribution in [0.4, 0.5) is 0 Å². The smallest absolute Gasteiger partial charge is 0.314 e. The van der Waals surface area contributed by atoms with Gasteiger partial charge < -0.3 is 9.84 Å². The number of phenolic OH excluding ortho intramolecular Hbond substituents is 1. The molecule has 3 nitrogen and oxygen atoms in total. The molecule has 0 amide bonds. The summed E-state index contributed by atoms with van der Waals surface area (Å²) in [4.78, 5) is 13.4. The van der Waals surface area contributed by atoms with Gasteiger partial charge in [0.15, 0.2) is 0 Å². The van der Waals surface area contributed by atoms with E-state index in [0.29, 0.717) is 17.9 Å². The van der Waals surface area contributed by atoms with Crippen LogP contribution in [0, 0.1) is 11.8 Å². The van der Waals surface area contributed by atoms with Gasteiger partial charge in [-0.15, -0.1) is 0 Å². The summed E-state index contributed by atoms with van der Waals surface area (Å²) < 4.78 is 5.83. The highest BCUT2D eigenvalue weighted by Crippen LogP contribution is 2.40. The minimum absolute atomic E-state index is 0.158. The number of phenols is 1. The minimum atomic E-state index is -0.216. The fourth-order valence-corrected chi connectivity index (χ4v) is 5.24. The van der Waals surface area contributed by atoms with Gasteiger partial charge >= 0.3 is 5.97 Å². The molecule has 0 saturated carbocycles. The first-order valence-corrected chi connectivity index (χ1v) is 15.4. The van der Waals surface area contributed by atoms with Crippen LogP contribution in [0.15, 0.2) is 42.5 Å². The van der Waals surface area contributed by atoms with Crippen molar-refractivity contribution in [2.75, 3.05) is 0 Å². The van der Waals surface area contributed by atoms with Crippen LogP contribution in [0.3, 0.4) is 0 Å². The molecule has 0 fully saturated rings. The van der Waals surface area contributed by atoms with Gasteiger partial charge in [-0.1, -0.05) is 144 Å². The van der Waals surface area contributed by atoms with E-state index in [0.717, 1.165) is 41.9 Å². The monoisotopic (exact) mass is 536 g/mol. The molecular formula is C36H56O3. The Morgan fingerprint density at radius 2 is 1.21 bits per heavy atom. The standard InChI is InChI=1S/C36H56O3/c1-27(2)20-16-13-11-9-10-12-14-17-21-29(34(38)39-30-22-18-15-19-23-30)24-28-25-31(35(3,4)5)33(37)32(26-28)36(6,7)8/h15,18-19,22-23,25-27,29,37H,9-14,16-17,20-21,24H2,1-8H3. The molecule has 1 N–H and O–H groups in total. The Kier molecular flexibility index (Phi) is 13.1. The van der Waals surface area contributed by atoms with E-state index < -0.39 is 0 Å². The van der Waals surface area contributed by atoms with Crippen molar-refractivity contribution in [1.82, 2.24) is 0 Å². The summed E-state index contributed by atoms with van der Waals surface area (Å²) in [5.41, 5.74) is 2.57. The van der Waals surface area contributed by atoms with E-state index >= 15 is 0 Å². The van der Waals surface area contributed by atoms with Crippen molar-refractivity contribution in [3.8, 4) is 11.5 Å². The molecule has 0 spiro atoms. The van der Waals surface area contributed by atoms with Crippen molar-refractivity contribution in [3.63, 3.8) is 0 Å². The fourth-order valence-electron chi connectivity index (χ4n) is 5.24. The number of unbranched alkanes of at least 4 members (excludes halogenated alkanes) is 7. The van der Waals surface area contributed by atoms with E-state index in [1.165, 1.54) is 44.9 Å². The number of esters is 1. The predicted octanol–water partition coefficient (Wildman–Crippen LogP) is 10.3. The number of aromatic hydroxyl groups is 1. The van der Waals surface area contributed by atoms with Crippen molar-refractivity contribution in [2.45, 2.75) is 137 Å². The summed E-state index contributed by atoms with van der Waals surface area (Å²) in [6.07, 6.45) is 12.8. The molecule has 1 atom stereocenters. The van der Waals surface area contributed by atoms with E-state index in [9.17, 15) is 9.90 Å². The lowest BCUT2D eigenvalue weighted by Gasteiger charge is -2.29. The zero-order chi connectivity index (χ0) is 29.1. The van der Waals surface area contributed by atoms with Crippen molar-refractivity contribution in [3.05, 3.63) is 59.2 Å². The first-order valence-electron chi connectivity index (χ1n) is 15.4. The lowest BCUT2D eigenvalue weighted by Crippen LogP contribution is -2.24. The van der Waals surface area contributed by atoms with Gasteiger partial charge in [0, 0.05) is 0 Å². The van der Waals surface area contributed by atoms with Crippen molar-refractivity contribution >= 4 is 5.97 Å². The number of para-hydroxylation sites is 1. The van der Waals surface area contributed by atoms with Gasteiger partial charge in [0.2, 0.25) is 0 Å². The molecular weight excluding hydrogens is 480 g/mol. The van der Waals surface area contributed by atoms with Crippen molar-refractivity contribution in [1.29, 1.82) is 0 Å². The second-order valence-corrected chi connectivity index (χ2v) is 14.0. The van der Waals surface area contributed by atoms with Crippen LogP contribution in [0.5, 0.6) is 11.5 Å². The second kappa shape index (κ2) is 15.5. The van der Waals surface area contributed by atoms with E-state index in [1.54, 1.807) is 0 Å². The highest BCUT2D eigenvalue weighted by atomic mass is 16.5. The Balaban J connectivity index is 2.09. The molecule has 0 heterocycles. The van der Waals surface area contributed by atoms with Crippen LogP contribution in [0.1, 0.15) is 136 Å². The second-order valence-electron chi connectivity index (χ2n) is 14.0. The number of carbonyl (C=O) groups is 1. The first-order chi connectivity index (χ1) is 18.3. The number of hydrogen-bond donors (Lipinski definition) is 1. The molecule has 0 saturated heterocycles. The van der Waals surface area contributed by atoms with E-state index in [-0.39, 0.29) is 22.7 Å². The van der Waals surface area contributed by atoms with Gasteiger partial charge in [-0.05, 0) is 58.4 Å². The van der Waals surface area contributed by atoms with Gasteiger partial charge in [0.25, 0.3) is 0 Å². The largest absolute Gasteiger partial charge is 0.507 e. The molecule has 0 bridgehead atoms. The molecule has 3 heteroatoms. The van der Waals surface area contributed by atoms with Crippen LogP contribution in [-0.2, 0) is 22.0 Å². The van der Waals surface area contributed by atoms with Crippen LogP contribution in [0.25, 0.3) is 0 Å². The Morgan fingerprint density at radius 3 is 1.67 bits per heavy atom. The van der Waals surface area contributed by atoms with Gasteiger partial charge in [0.1, 0.15) is 11.5 Å². The SMILES string of the molecule is CC(C)CCCCCCCCCCC(Cc1cc(C(C)(C)C)c(O)c(C(C)(C)C)c1)C(=O)Oc1ccccc1. The van der Waals surface area contributed by atoms with E-state index in [4.69, 9.17) is 4.74 Å². The van der Waals surface area contributed by atoms with Crippen LogP contribution in [0.2, 0.25) is 0 Å². The minimum Gasteiger partial charge on any atom is -0.507 e. The molecule has 2 aromatic carbocycles. The molecule has 0 aliphatic heterocycles. The van der Waals surface area contributed by atoms with Crippen LogP contribution < -0.4 is 4.74 Å². The topological polar surface area (TPSA) is 46.5 Å². The Hall–Kier alpha value is -2.29. The zero-order valence-electron chi connectivity index (χ0n) is 26.2. The van der Waals surface area contributed by atoms with Crippen molar-refractivity contribution in [2.24, 2.45) is 11.8 Å². The summed E-state index contributed by atoms with van der Waals surface area (Å²) >= 11 is 0. The molecule has 0 radical (unpaired) electrons. The Labute approximate surface area is 239 Å². The summed E-state index contributed by atoms with van der Waals surface area (Å²) in [6, 6.07) is 13.6. The maximum absolute atomic E-state index is 13.4. The van der Waals surface area contributed by atoms with Crippen molar-refractivity contribution < 1.29 is 14.6 Å². The third-order valence-corrected chi connectivity index (χ3v) is 7.65. The van der Waals surface area contributed by atoms with E-state index in [1.807, 2.05) is 30.3 Å². The summed E-state index contributed by atoms with van der Waals surface area (Å²) in [7, 11) is 0. The number of rotatable bonds is 15. The third kappa shape index (κ3) is 11.8. The fraction of sp³-hybridized carbons (Fsp3) is 0.639. The summed E-state index contributed by atoms with van der Waals surface area (Å²) in [5, 5.41) is 11.1. The number of benzene rings is 2. The van der Waals surface area contributed by atoms with Gasteiger partial charge in [-0.2, -0.15) is 0 Å². The van der Waals surface area contributed by atoms with E-state index in [2.05, 4.69) is 67.5 Å². The molecule has 0 aliphatic carbocycles. The van der Waals surface area contributed by atoms with Crippen LogP contribution in [-0.4, -0.2) is 11.1 Å². The lowest BCUT2D eigenvalue weighted by molar-refractivity contribution is -0.139. The summed E-state index contributed by atoms with van der Waals surface area (Å²) in [6.45, 7) is 17.4. The third-order valence-electron chi connectivity index (χ3n) is 7.65. The Bertz CT molecular complexity index is 957. The number of carbonyl (C=O) groups excluding carboxylic acids is 1. The lowest BCUT2D eigenvalue weighted by atomic mass is 9.77. The molecule has 0 aliphatic rings. The zero-order valence-corrected chi connectivity index (χ0v) is 26.2. The first kappa shape index (κ1) is 32.9. The van der Waals surface area contributed by atoms with Gasteiger partial charge in [0.05, 0.1) is 5.92 Å². The maximum Gasteiger partial charge on any atom is 0.314 e. The number of hydrogen-bond acceptors (Lipinski definition) is 3. The summed E-state index contributed by atoms with van der Waals surface area (Å²) in [5.74, 6) is 1.42. The highest BCUT2D eigenvalue weighted by Gasteiger charge is 2.28. The Morgan fingerprint density at radius 1 is 0.744 bits per heavy atom. The average molecular weight is 537 g/mol. The molecule has 39 heavy (non-hydrogen) atoms. The number of ether oxygens (including phenoxy) is 1. The molecule has 1 unspecified atom stereocenters. The van der Waals surface area contributed by atoms with Gasteiger partial charge in [-0.3, -0.25) is 4.79 Å². The molecule has 2 aromatic rings. The molecule has 2 rings (SSSR count). The van der Waals surface area contributed by atoms with Gasteiger partial charge in [-0.25, -0.2) is 0 Å². The normalized spacial score (nSPS) is 13.1. The predicted molar refractivity (Wildman–Crippen MR) is 166 cm³/mol. The average Bonchev–Trinajstić information content (AvgIpc) is 2.84. The molecule has 218 valence electrons. The quantitative estimate of drug-likeness (QED) is 0.140. The highest BCUT2D eigenvalue weighted by molar-refractivity contribution is 5.75. The maximum atomic E-state index is 13.4.